The topological polar surface area (TPSA) is 172 Å². The van der Waals surface area contributed by atoms with Crippen molar-refractivity contribution < 1.29 is 102 Å². The molecule has 0 bridgehead atoms. The van der Waals surface area contributed by atoms with E-state index in [-0.39, 0.29) is 81.5 Å². The molecule has 0 saturated heterocycles. The molecule has 56 heavy (non-hydrogen) atoms. The van der Waals surface area contributed by atoms with Crippen LogP contribution in [0.15, 0.2) is 82.6 Å². The van der Waals surface area contributed by atoms with Gasteiger partial charge >= 0.3 is 69.7 Å². The fourth-order valence-electron chi connectivity index (χ4n) is 7.50. The zero-order chi connectivity index (χ0) is 40.1. The predicted molar refractivity (Wildman–Crippen MR) is 209 cm³/mol. The van der Waals surface area contributed by atoms with Crippen LogP contribution in [0.5, 0.6) is 0 Å². The summed E-state index contributed by atoms with van der Waals surface area (Å²) in [5, 5.41) is 0.732. The summed E-state index contributed by atoms with van der Waals surface area (Å²) in [6, 6.07) is 15.5. The molecule has 0 radical (unpaired) electrons. The van der Waals surface area contributed by atoms with Crippen LogP contribution in [0.2, 0.25) is 0 Å². The fraction of sp³-hybridized carbons (Fsp3) is 0.462. The van der Waals surface area contributed by atoms with Crippen molar-refractivity contribution in [3.63, 3.8) is 0 Å². The van der Waals surface area contributed by atoms with E-state index in [1.807, 2.05) is 18.2 Å². The molecule has 3 aliphatic rings. The summed E-state index contributed by atoms with van der Waals surface area (Å²) in [5.41, 5.74) is 9.33. The maximum absolute atomic E-state index is 11.2. The molecule has 0 unspecified atom stereocenters. The number of allylic oxidation sites excluding steroid dienone is 8. The number of nitrogens with zero attached hydrogens (tertiary/aromatic N) is 2. The Morgan fingerprint density at radius 2 is 1.50 bits per heavy atom. The first-order chi connectivity index (χ1) is 25.1. The van der Waals surface area contributed by atoms with Crippen molar-refractivity contribution in [1.29, 1.82) is 0 Å². The second-order valence-corrected chi connectivity index (χ2v) is 18.6. The molecule has 11 nitrogen and oxygen atoms in total. The van der Waals surface area contributed by atoms with Gasteiger partial charge in [0.15, 0.2) is 5.71 Å². The van der Waals surface area contributed by atoms with Crippen LogP contribution in [-0.4, -0.2) is 73.5 Å². The minimum atomic E-state index is -4.26. The van der Waals surface area contributed by atoms with Crippen molar-refractivity contribution in [1.82, 2.24) is 0 Å². The molecule has 0 amide bonds. The Morgan fingerprint density at radius 1 is 0.875 bits per heavy atom. The van der Waals surface area contributed by atoms with Crippen molar-refractivity contribution in [3.05, 3.63) is 105 Å². The molecule has 0 saturated carbocycles. The molecular formula is C39H47ClN2Na2O9S3. The number of hydrogen-bond donors (Lipinski definition) is 0. The maximum Gasteiger partial charge on any atom is 1.00 e. The summed E-state index contributed by atoms with van der Waals surface area (Å²) in [5.74, 6) is -0.736. The van der Waals surface area contributed by atoms with Crippen LogP contribution in [0.1, 0.15) is 89.3 Å². The standard InChI is InChI=1S/C39H49ClN2O6S2.2Na.O3S/c1-28-17-20-34-32(27-28)39(4,5)36(42(34)24-9-11-26-50(46,47)48)22-19-30-14-12-13-29(37(30)40)18-21-35-38(2,3)31-15-6-7-16-33(31)41(35)23-8-10-25-49(43,44)45;;;1-4(2)3/h7,15-22,27H,8-14,23-26H2,1-5H3,(H,43,44,45)(H,46,47,48);;;/q;2*+1;/p-2. The SMILES string of the molecule is Cc1ccc2c(c1)C(C)(C)/C(=C\C=C1/CCCC(/C=C/C3=[N+](CCCCS(=O)(=O)[O-])c4cc[c-]cc4C3(C)C)=C1Cl)N2CCCCS(=O)(=O)[O-].O=S(=O)=O.[Na+].[Na+]. The summed E-state index contributed by atoms with van der Waals surface area (Å²) in [4.78, 5) is 2.25. The minimum Gasteiger partial charge on any atom is -0.748 e. The van der Waals surface area contributed by atoms with Gasteiger partial charge in [0.25, 0.3) is 0 Å². The van der Waals surface area contributed by atoms with E-state index in [0.29, 0.717) is 38.8 Å². The first-order valence-electron chi connectivity index (χ1n) is 17.8. The van der Waals surface area contributed by atoms with Gasteiger partial charge in [-0.3, -0.25) is 0 Å². The molecule has 2 aromatic carbocycles. The molecule has 2 heterocycles. The van der Waals surface area contributed by atoms with Gasteiger partial charge in [0.1, 0.15) is 12.2 Å². The molecule has 5 rings (SSSR count). The molecule has 17 heteroatoms. The van der Waals surface area contributed by atoms with Gasteiger partial charge in [-0.15, -0.1) is 18.7 Å². The third-order valence-electron chi connectivity index (χ3n) is 10.2. The molecule has 0 N–H and O–H groups in total. The number of benzene rings is 2. The quantitative estimate of drug-likeness (QED) is 0.0917. The van der Waals surface area contributed by atoms with Gasteiger partial charge in [-0.1, -0.05) is 74.7 Å². The van der Waals surface area contributed by atoms with Crippen LogP contribution in [0, 0.1) is 13.0 Å². The number of anilines is 1. The third kappa shape index (κ3) is 13.3. The molecule has 1 aliphatic carbocycles. The van der Waals surface area contributed by atoms with Crippen molar-refractivity contribution in [2.45, 2.75) is 90.4 Å². The van der Waals surface area contributed by atoms with Crippen LogP contribution in [0.25, 0.3) is 0 Å². The van der Waals surface area contributed by atoms with Crippen LogP contribution < -0.4 is 64.0 Å². The molecule has 2 aliphatic heterocycles. The Labute approximate surface area is 383 Å². The number of fused-ring (bicyclic) bond motifs is 2. The van der Waals surface area contributed by atoms with Crippen LogP contribution >= 0.6 is 11.6 Å². The number of aryl methyl sites for hydroxylation is 1. The van der Waals surface area contributed by atoms with Gasteiger partial charge in [-0.2, -0.15) is 18.2 Å². The van der Waals surface area contributed by atoms with Crippen molar-refractivity contribution in [2.24, 2.45) is 0 Å². The van der Waals surface area contributed by atoms with Crippen LogP contribution in [0.3, 0.4) is 0 Å². The summed E-state index contributed by atoms with van der Waals surface area (Å²) >= 11 is 7.14. The molecule has 0 spiro atoms. The Bertz CT molecular complexity index is 2260. The minimum absolute atomic E-state index is 0. The van der Waals surface area contributed by atoms with Crippen molar-refractivity contribution >= 4 is 59.5 Å². The largest absolute Gasteiger partial charge is 1.00 e. The number of halogens is 1. The molecule has 2 aromatic rings. The van der Waals surface area contributed by atoms with E-state index in [0.717, 1.165) is 63.8 Å². The Kier molecular flexibility index (Phi) is 19.2. The zero-order valence-corrected chi connectivity index (χ0v) is 40.4. The molecule has 0 fully saturated rings. The monoisotopic (exact) mass is 864 g/mol. The molecular weight excluding hydrogens is 818 g/mol. The van der Waals surface area contributed by atoms with Crippen molar-refractivity contribution in [2.75, 3.05) is 29.5 Å². The van der Waals surface area contributed by atoms with E-state index in [1.165, 1.54) is 11.1 Å². The van der Waals surface area contributed by atoms with Gasteiger partial charge in [-0.25, -0.2) is 21.4 Å². The van der Waals surface area contributed by atoms with E-state index in [1.54, 1.807) is 0 Å². The van der Waals surface area contributed by atoms with E-state index < -0.39 is 30.8 Å². The average molecular weight is 865 g/mol. The number of hydrogen-bond acceptors (Lipinski definition) is 10. The summed E-state index contributed by atoms with van der Waals surface area (Å²) in [6.45, 7) is 12.0. The average Bonchev–Trinajstić information content (AvgIpc) is 3.40. The summed E-state index contributed by atoms with van der Waals surface area (Å²) in [6.07, 6.45) is 12.9. The number of unbranched alkanes of at least 4 members (excludes halogenated alkanes) is 2. The maximum atomic E-state index is 11.2. The fourth-order valence-corrected chi connectivity index (χ4v) is 8.93. The summed E-state index contributed by atoms with van der Waals surface area (Å²) in [7, 11) is -11.6. The van der Waals surface area contributed by atoms with Crippen molar-refractivity contribution in [3.8, 4) is 0 Å². The van der Waals surface area contributed by atoms with Gasteiger partial charge in [0.2, 0.25) is 0 Å². The van der Waals surface area contributed by atoms with Gasteiger partial charge in [0, 0.05) is 57.8 Å². The van der Waals surface area contributed by atoms with E-state index in [2.05, 4.69) is 92.7 Å². The zero-order valence-electron chi connectivity index (χ0n) is 33.2. The van der Waals surface area contributed by atoms with Gasteiger partial charge < -0.3 is 14.0 Å². The van der Waals surface area contributed by atoms with Gasteiger partial charge in [0.05, 0.1) is 20.2 Å². The van der Waals surface area contributed by atoms with E-state index in [4.69, 9.17) is 24.2 Å². The van der Waals surface area contributed by atoms with E-state index >= 15 is 0 Å². The van der Waals surface area contributed by atoms with E-state index in [9.17, 15) is 25.9 Å². The molecule has 0 aromatic heterocycles. The molecule has 294 valence electrons. The number of rotatable bonds is 13. The predicted octanol–water partition coefficient (Wildman–Crippen LogP) is 0.667. The Morgan fingerprint density at radius 3 is 2.12 bits per heavy atom. The first-order valence-corrected chi connectivity index (χ1v) is 22.3. The second kappa shape index (κ2) is 21.2. The second-order valence-electron chi connectivity index (χ2n) is 14.8. The van der Waals surface area contributed by atoms with Gasteiger partial charge in [-0.05, 0) is 74.3 Å². The molecule has 0 atom stereocenters. The van der Waals surface area contributed by atoms with Crippen LogP contribution in [-0.2, 0) is 41.7 Å². The Balaban J connectivity index is 0.00000172. The summed E-state index contributed by atoms with van der Waals surface area (Å²) < 4.78 is 94.8. The first kappa shape index (κ1) is 50.7. The van der Waals surface area contributed by atoms with Crippen LogP contribution in [0.4, 0.5) is 11.4 Å². The normalized spacial score (nSPS) is 18.7. The smallest absolute Gasteiger partial charge is 0.748 e. The third-order valence-corrected chi connectivity index (χ3v) is 12.2. The Hall–Kier alpha value is -1.40.